The van der Waals surface area contributed by atoms with Gasteiger partial charge >= 0.3 is 18.0 Å². The van der Waals surface area contributed by atoms with Crippen molar-refractivity contribution < 1.29 is 23.9 Å². The van der Waals surface area contributed by atoms with Crippen LogP contribution in [-0.4, -0.2) is 60.5 Å². The number of amides is 4. The zero-order valence-corrected chi connectivity index (χ0v) is 22.7. The normalized spacial score (nSPS) is 24.9. The summed E-state index contributed by atoms with van der Waals surface area (Å²) in [5.74, 6) is -0.518. The molecule has 1 aromatic rings. The molecular weight excluding hydrogens is 472 g/mol. The molecular formula is C28H40N4O5+. The van der Waals surface area contributed by atoms with E-state index < -0.39 is 28.6 Å². The molecule has 2 aliphatic rings. The highest BCUT2D eigenvalue weighted by Gasteiger charge is 2.55. The second-order valence-corrected chi connectivity index (χ2v) is 11.4. The number of nitrogens with two attached hydrogens (primary N) is 1. The van der Waals surface area contributed by atoms with Crippen LogP contribution < -0.4 is 15.5 Å². The maximum absolute atomic E-state index is 13.8. The summed E-state index contributed by atoms with van der Waals surface area (Å²) in [5, 5.41) is 2.80. The van der Waals surface area contributed by atoms with Gasteiger partial charge in [0.1, 0.15) is 18.3 Å². The summed E-state index contributed by atoms with van der Waals surface area (Å²) >= 11 is 0. The molecule has 37 heavy (non-hydrogen) atoms. The van der Waals surface area contributed by atoms with Crippen molar-refractivity contribution >= 4 is 35.6 Å². The molecule has 5 atom stereocenters. The lowest BCUT2D eigenvalue weighted by atomic mass is 9.87. The number of carbonyl (C=O) groups excluding carboxylic acids is 4. The van der Waals surface area contributed by atoms with Crippen LogP contribution in [0, 0.1) is 5.41 Å². The summed E-state index contributed by atoms with van der Waals surface area (Å²) in [5.41, 5.74) is 7.69. The van der Waals surface area contributed by atoms with Crippen molar-refractivity contribution in [1.29, 1.82) is 0 Å². The van der Waals surface area contributed by atoms with Crippen molar-refractivity contribution in [2.75, 3.05) is 7.11 Å². The first-order chi connectivity index (χ1) is 17.4. The number of ether oxygens (including phenoxy) is 1. The van der Waals surface area contributed by atoms with Crippen LogP contribution in [0.4, 0.5) is 15.3 Å². The highest BCUT2D eigenvalue weighted by Crippen LogP contribution is 2.44. The predicted octanol–water partition coefficient (Wildman–Crippen LogP) is 4.25. The van der Waals surface area contributed by atoms with Crippen molar-refractivity contribution in [1.82, 2.24) is 14.7 Å². The molecule has 0 aromatic heterocycles. The topological polar surface area (TPSA) is 119 Å². The minimum absolute atomic E-state index is 0.0572. The largest absolute Gasteiger partial charge is 0.533 e. The summed E-state index contributed by atoms with van der Waals surface area (Å²) < 4.78 is 4.27. The van der Waals surface area contributed by atoms with Crippen molar-refractivity contribution in [2.24, 2.45) is 11.1 Å². The van der Waals surface area contributed by atoms with Crippen LogP contribution in [0.25, 0.3) is 5.57 Å². The maximum atomic E-state index is 13.8. The average Bonchev–Trinajstić information content (AvgIpc) is 3.16. The van der Waals surface area contributed by atoms with E-state index in [1.54, 1.807) is 29.2 Å². The number of nitrogens with zero attached hydrogens (tertiary/aromatic N) is 2. The Bertz CT molecular complexity index is 1070. The number of rotatable bonds is 6. The number of urea groups is 1. The van der Waals surface area contributed by atoms with E-state index in [1.807, 2.05) is 40.9 Å². The molecule has 3 N–H and O–H groups in total. The van der Waals surface area contributed by atoms with Gasteiger partial charge in [-0.25, -0.2) is 9.59 Å². The van der Waals surface area contributed by atoms with Gasteiger partial charge in [-0.05, 0) is 51.0 Å². The number of hydrogen-bond donors (Lipinski definition) is 2. The lowest BCUT2D eigenvalue weighted by Gasteiger charge is -2.39. The molecule has 0 bridgehead atoms. The lowest BCUT2D eigenvalue weighted by Crippen LogP contribution is -2.60. The molecule has 0 saturated carbocycles. The van der Waals surface area contributed by atoms with Gasteiger partial charge in [-0.2, -0.15) is 4.79 Å². The molecule has 2 heterocycles. The molecule has 1 fully saturated rings. The Hall–Kier alpha value is -3.04. The van der Waals surface area contributed by atoms with Crippen LogP contribution in [0.15, 0.2) is 30.5 Å². The molecule has 201 valence electrons. The Morgan fingerprint density at radius 1 is 1.19 bits per heavy atom. The first-order valence-corrected chi connectivity index (χ1v) is 12.9. The smallest absolute Gasteiger partial charge is 0.422 e. The number of quaternary nitrogens is 1. The van der Waals surface area contributed by atoms with Gasteiger partial charge in [0.25, 0.3) is 0 Å². The van der Waals surface area contributed by atoms with Gasteiger partial charge in [0.05, 0.1) is 7.11 Å². The van der Waals surface area contributed by atoms with Crippen LogP contribution in [-0.2, 0) is 14.3 Å². The van der Waals surface area contributed by atoms with E-state index >= 15 is 0 Å². The highest BCUT2D eigenvalue weighted by atomic mass is 16.5. The van der Waals surface area contributed by atoms with Crippen molar-refractivity contribution in [3.63, 3.8) is 0 Å². The SMILES string of the molecule is COC(=O)[N+]1(C(=O)[C@@H](N)CC(C)(C)C)C=C(C[C@@H]([C]=O)NC(=O)N2[C@H](C)CCC[C@@H]2C)c2ccccc21. The summed E-state index contributed by atoms with van der Waals surface area (Å²) in [7, 11) is 1.22. The Balaban J connectivity index is 1.96. The number of piperidine rings is 1. The number of hydrogen-bond acceptors (Lipinski definition) is 6. The van der Waals surface area contributed by atoms with Gasteiger partial charge in [0.2, 0.25) is 6.29 Å². The third-order valence-corrected chi connectivity index (χ3v) is 7.23. The van der Waals surface area contributed by atoms with Gasteiger partial charge < -0.3 is 20.7 Å². The van der Waals surface area contributed by atoms with Gasteiger partial charge in [0.15, 0.2) is 5.69 Å². The van der Waals surface area contributed by atoms with Gasteiger partial charge in [0, 0.05) is 35.7 Å². The number of benzene rings is 1. The molecule has 1 unspecified atom stereocenters. The third kappa shape index (κ3) is 5.78. The predicted molar refractivity (Wildman–Crippen MR) is 143 cm³/mol. The van der Waals surface area contributed by atoms with Crippen molar-refractivity contribution in [3.05, 3.63) is 36.0 Å². The number of likely N-dealkylation sites (tertiary alicyclic amines) is 1. The fourth-order valence-electron chi connectivity index (χ4n) is 5.55. The van der Waals surface area contributed by atoms with Crippen LogP contribution in [0.3, 0.4) is 0 Å². The maximum Gasteiger partial charge on any atom is 0.533 e. The van der Waals surface area contributed by atoms with Crippen LogP contribution in [0.5, 0.6) is 0 Å². The first-order valence-electron chi connectivity index (χ1n) is 12.9. The quantitative estimate of drug-likeness (QED) is 0.550. The summed E-state index contributed by atoms with van der Waals surface area (Å²) in [6.45, 7) is 9.91. The Morgan fingerprint density at radius 3 is 2.38 bits per heavy atom. The minimum Gasteiger partial charge on any atom is -0.422 e. The third-order valence-electron chi connectivity index (χ3n) is 7.23. The zero-order valence-electron chi connectivity index (χ0n) is 22.7. The van der Waals surface area contributed by atoms with Crippen molar-refractivity contribution in [3.8, 4) is 0 Å². The summed E-state index contributed by atoms with van der Waals surface area (Å²) in [6, 6.07) is 4.90. The van der Waals surface area contributed by atoms with Gasteiger partial charge in [-0.3, -0.25) is 4.79 Å². The Labute approximate surface area is 219 Å². The Kier molecular flexibility index (Phi) is 8.59. The number of fused-ring (bicyclic) bond motifs is 1. The zero-order chi connectivity index (χ0) is 27.5. The summed E-state index contributed by atoms with van der Waals surface area (Å²) in [4.78, 5) is 53.9. The fraction of sp³-hybridized carbons (Fsp3) is 0.571. The van der Waals surface area contributed by atoms with Crippen LogP contribution >= 0.6 is 0 Å². The molecule has 4 amide bonds. The molecule has 1 saturated heterocycles. The molecule has 0 spiro atoms. The lowest BCUT2D eigenvalue weighted by molar-refractivity contribution is -0.128. The average molecular weight is 513 g/mol. The number of nitrogens with one attached hydrogen (secondary N) is 1. The second kappa shape index (κ2) is 11.1. The van der Waals surface area contributed by atoms with E-state index in [4.69, 9.17) is 10.5 Å². The fourth-order valence-corrected chi connectivity index (χ4v) is 5.55. The van der Waals surface area contributed by atoms with Crippen LogP contribution in [0.1, 0.15) is 72.3 Å². The van der Waals surface area contributed by atoms with Crippen LogP contribution in [0.2, 0.25) is 0 Å². The van der Waals surface area contributed by atoms with Crippen molar-refractivity contribution in [2.45, 2.75) is 90.9 Å². The number of carbonyl (C=O) groups is 3. The van der Waals surface area contributed by atoms with E-state index in [2.05, 4.69) is 5.32 Å². The molecule has 1 radical (unpaired) electrons. The standard InChI is InChI=1S/C28H39N4O5/c1-18-10-9-11-19(2)31(18)26(35)30-21(17-33)14-20-16-32(27(36)37-6,24-13-8-7-12-22(20)24)25(34)23(29)15-28(3,4)5/h7-8,12-13,16,18-19,21,23H,9-11,14-15,29H2,1-6H3/p+1/t18-,19+,21-,23-,32?/m0/s1. The van der Waals surface area contributed by atoms with E-state index in [-0.39, 0.29) is 30.0 Å². The van der Waals surface area contributed by atoms with E-state index in [1.165, 1.54) is 13.3 Å². The molecule has 3 rings (SSSR count). The Morgan fingerprint density at radius 2 is 1.81 bits per heavy atom. The minimum atomic E-state index is -0.968. The van der Waals surface area contributed by atoms with E-state index in [9.17, 15) is 19.2 Å². The number of para-hydroxylation sites is 1. The molecule has 9 heteroatoms. The molecule has 9 nitrogen and oxygen atoms in total. The van der Waals surface area contributed by atoms with E-state index in [0.29, 0.717) is 23.2 Å². The number of imide groups is 1. The van der Waals surface area contributed by atoms with Gasteiger partial charge in [-0.15, -0.1) is 0 Å². The highest BCUT2D eigenvalue weighted by molar-refractivity contribution is 6.14. The monoisotopic (exact) mass is 512 g/mol. The van der Waals surface area contributed by atoms with E-state index in [0.717, 1.165) is 19.3 Å². The molecule has 2 aliphatic heterocycles. The summed E-state index contributed by atoms with van der Waals surface area (Å²) in [6.07, 6.45) is 5.93. The van der Waals surface area contributed by atoms with Gasteiger partial charge in [-0.1, -0.05) is 37.4 Å². The first kappa shape index (κ1) is 28.5. The number of methoxy groups -OCH3 is 1. The molecule has 1 aromatic carbocycles. The second-order valence-electron chi connectivity index (χ2n) is 11.4. The molecule has 0 aliphatic carbocycles.